The fourth-order valence-electron chi connectivity index (χ4n) is 1.78. The number of amides is 1. The van der Waals surface area contributed by atoms with Crippen molar-refractivity contribution >= 4 is 46.4 Å². The Morgan fingerprint density at radius 2 is 1.81 bits per heavy atom. The first kappa shape index (κ1) is 16.0. The Morgan fingerprint density at radius 1 is 1.05 bits per heavy atom. The van der Waals surface area contributed by atoms with Gasteiger partial charge in [-0.05, 0) is 35.9 Å². The molecule has 110 valence electrons. The lowest BCUT2D eigenvalue weighted by molar-refractivity contribution is -0.115. The maximum atomic E-state index is 12.0. The van der Waals surface area contributed by atoms with Crippen LogP contribution in [0.1, 0.15) is 5.56 Å². The second-order valence-corrected chi connectivity index (χ2v) is 5.54. The molecule has 0 saturated carbocycles. The zero-order valence-electron chi connectivity index (χ0n) is 11.1. The number of rotatable bonds is 4. The molecule has 1 amide bonds. The van der Waals surface area contributed by atoms with Crippen LogP contribution in [-0.4, -0.2) is 13.0 Å². The van der Waals surface area contributed by atoms with Crippen LogP contribution in [0.4, 0.5) is 5.69 Å². The van der Waals surface area contributed by atoms with E-state index < -0.39 is 0 Å². The molecule has 2 aromatic rings. The smallest absolute Gasteiger partial charge is 0.228 e. The summed E-state index contributed by atoms with van der Waals surface area (Å²) in [5.41, 5.74) is 1.38. The van der Waals surface area contributed by atoms with Crippen molar-refractivity contribution in [3.05, 3.63) is 57.0 Å². The first-order chi connectivity index (χ1) is 9.99. The van der Waals surface area contributed by atoms with Crippen LogP contribution in [0.3, 0.4) is 0 Å². The summed E-state index contributed by atoms with van der Waals surface area (Å²) in [6.07, 6.45) is 0.195. The quantitative estimate of drug-likeness (QED) is 0.862. The van der Waals surface area contributed by atoms with Crippen LogP contribution in [0.15, 0.2) is 36.4 Å². The van der Waals surface area contributed by atoms with Crippen molar-refractivity contribution in [1.82, 2.24) is 0 Å². The fraction of sp³-hybridized carbons (Fsp3) is 0.133. The SMILES string of the molecule is COc1ccc(NC(=O)Cc2ccc(Cl)c(Cl)c2)cc1Cl. The molecule has 2 aromatic carbocycles. The Bertz CT molecular complexity index is 674. The summed E-state index contributed by atoms with van der Waals surface area (Å²) in [5.74, 6) is 0.383. The minimum atomic E-state index is -0.172. The van der Waals surface area contributed by atoms with Gasteiger partial charge in [0.15, 0.2) is 0 Å². The lowest BCUT2D eigenvalue weighted by atomic mass is 10.1. The molecule has 0 bridgehead atoms. The van der Waals surface area contributed by atoms with E-state index in [0.29, 0.717) is 26.5 Å². The van der Waals surface area contributed by atoms with Crippen molar-refractivity contribution in [1.29, 1.82) is 0 Å². The Hall–Kier alpha value is -1.42. The number of hydrogen-bond donors (Lipinski definition) is 1. The molecule has 0 radical (unpaired) electrons. The second-order valence-electron chi connectivity index (χ2n) is 4.32. The lowest BCUT2D eigenvalue weighted by Crippen LogP contribution is -2.14. The van der Waals surface area contributed by atoms with Crippen molar-refractivity contribution in [3.63, 3.8) is 0 Å². The highest BCUT2D eigenvalue weighted by molar-refractivity contribution is 6.42. The fourth-order valence-corrected chi connectivity index (χ4v) is 2.36. The Kier molecular flexibility index (Phi) is 5.34. The van der Waals surface area contributed by atoms with Gasteiger partial charge in [0.25, 0.3) is 0 Å². The number of halogens is 3. The van der Waals surface area contributed by atoms with E-state index in [1.165, 1.54) is 7.11 Å². The number of anilines is 1. The van der Waals surface area contributed by atoms with Crippen LogP contribution in [0, 0.1) is 0 Å². The minimum absolute atomic E-state index is 0.172. The van der Waals surface area contributed by atoms with E-state index in [1.54, 1.807) is 36.4 Å². The average Bonchev–Trinajstić information content (AvgIpc) is 2.43. The molecule has 0 saturated heterocycles. The Balaban J connectivity index is 2.04. The van der Waals surface area contributed by atoms with Gasteiger partial charge in [-0.3, -0.25) is 4.79 Å². The van der Waals surface area contributed by atoms with E-state index in [1.807, 2.05) is 0 Å². The number of methoxy groups -OCH3 is 1. The number of carbonyl (C=O) groups excluding carboxylic acids is 1. The van der Waals surface area contributed by atoms with Crippen LogP contribution >= 0.6 is 34.8 Å². The van der Waals surface area contributed by atoms with Gasteiger partial charge in [-0.2, -0.15) is 0 Å². The molecule has 0 unspecified atom stereocenters. The van der Waals surface area contributed by atoms with E-state index in [2.05, 4.69) is 5.32 Å². The number of benzene rings is 2. The van der Waals surface area contributed by atoms with Crippen molar-refractivity contribution in [2.24, 2.45) is 0 Å². The highest BCUT2D eigenvalue weighted by Crippen LogP contribution is 2.27. The topological polar surface area (TPSA) is 38.3 Å². The third-order valence-corrected chi connectivity index (χ3v) is 3.82. The molecular weight excluding hydrogens is 333 g/mol. The maximum absolute atomic E-state index is 12.0. The van der Waals surface area contributed by atoms with Gasteiger partial charge in [0, 0.05) is 5.69 Å². The lowest BCUT2D eigenvalue weighted by Gasteiger charge is -2.08. The number of hydrogen-bond acceptors (Lipinski definition) is 2. The van der Waals surface area contributed by atoms with Crippen LogP contribution in [-0.2, 0) is 11.2 Å². The van der Waals surface area contributed by atoms with Crippen molar-refractivity contribution in [2.75, 3.05) is 12.4 Å². The van der Waals surface area contributed by atoms with E-state index in [4.69, 9.17) is 39.5 Å². The van der Waals surface area contributed by atoms with Crippen LogP contribution in [0.5, 0.6) is 5.75 Å². The maximum Gasteiger partial charge on any atom is 0.228 e. The Morgan fingerprint density at radius 3 is 2.43 bits per heavy atom. The normalized spacial score (nSPS) is 10.3. The zero-order chi connectivity index (χ0) is 15.4. The van der Waals surface area contributed by atoms with Crippen LogP contribution < -0.4 is 10.1 Å². The van der Waals surface area contributed by atoms with Crippen molar-refractivity contribution in [2.45, 2.75) is 6.42 Å². The van der Waals surface area contributed by atoms with E-state index in [9.17, 15) is 4.79 Å². The van der Waals surface area contributed by atoms with Crippen molar-refractivity contribution in [3.8, 4) is 5.75 Å². The summed E-state index contributed by atoms with van der Waals surface area (Å²) < 4.78 is 5.05. The second kappa shape index (κ2) is 7.03. The van der Waals surface area contributed by atoms with Crippen LogP contribution in [0.25, 0.3) is 0 Å². The molecule has 1 N–H and O–H groups in total. The molecular formula is C15H12Cl3NO2. The molecule has 0 spiro atoms. The Labute approximate surface area is 137 Å². The summed E-state index contributed by atoms with van der Waals surface area (Å²) in [4.78, 5) is 12.0. The first-order valence-electron chi connectivity index (χ1n) is 6.07. The van der Waals surface area contributed by atoms with E-state index in [0.717, 1.165) is 5.56 Å². The average molecular weight is 345 g/mol. The summed E-state index contributed by atoms with van der Waals surface area (Å²) in [6.45, 7) is 0. The third kappa shape index (κ3) is 4.27. The largest absolute Gasteiger partial charge is 0.495 e. The molecule has 2 rings (SSSR count). The van der Waals surface area contributed by atoms with Gasteiger partial charge in [0.05, 0.1) is 28.6 Å². The summed E-state index contributed by atoms with van der Waals surface area (Å²) in [6, 6.07) is 10.1. The summed E-state index contributed by atoms with van der Waals surface area (Å²) in [7, 11) is 1.53. The molecule has 0 aliphatic heterocycles. The molecule has 3 nitrogen and oxygen atoms in total. The molecule has 21 heavy (non-hydrogen) atoms. The molecule has 6 heteroatoms. The van der Waals surface area contributed by atoms with Gasteiger partial charge in [-0.1, -0.05) is 40.9 Å². The van der Waals surface area contributed by atoms with Gasteiger partial charge >= 0.3 is 0 Å². The molecule has 0 aromatic heterocycles. The van der Waals surface area contributed by atoms with Gasteiger partial charge in [-0.15, -0.1) is 0 Å². The number of nitrogens with one attached hydrogen (secondary N) is 1. The molecule has 0 atom stereocenters. The first-order valence-corrected chi connectivity index (χ1v) is 7.20. The molecule has 0 heterocycles. The summed E-state index contributed by atoms with van der Waals surface area (Å²) in [5, 5.41) is 4.08. The monoisotopic (exact) mass is 343 g/mol. The summed E-state index contributed by atoms with van der Waals surface area (Å²) >= 11 is 17.8. The van der Waals surface area contributed by atoms with Crippen molar-refractivity contribution < 1.29 is 9.53 Å². The predicted octanol–water partition coefficient (Wildman–Crippen LogP) is 4.84. The zero-order valence-corrected chi connectivity index (χ0v) is 13.4. The van der Waals surface area contributed by atoms with Gasteiger partial charge < -0.3 is 10.1 Å². The number of carbonyl (C=O) groups is 1. The van der Waals surface area contributed by atoms with Gasteiger partial charge in [-0.25, -0.2) is 0 Å². The highest BCUT2D eigenvalue weighted by atomic mass is 35.5. The van der Waals surface area contributed by atoms with E-state index >= 15 is 0 Å². The third-order valence-electron chi connectivity index (χ3n) is 2.78. The number of ether oxygens (including phenoxy) is 1. The molecule has 0 aliphatic carbocycles. The predicted molar refractivity (Wildman–Crippen MR) is 86.8 cm³/mol. The van der Waals surface area contributed by atoms with E-state index in [-0.39, 0.29) is 12.3 Å². The highest BCUT2D eigenvalue weighted by Gasteiger charge is 2.08. The van der Waals surface area contributed by atoms with Crippen LogP contribution in [0.2, 0.25) is 15.1 Å². The van der Waals surface area contributed by atoms with Gasteiger partial charge in [0.1, 0.15) is 5.75 Å². The minimum Gasteiger partial charge on any atom is -0.495 e. The van der Waals surface area contributed by atoms with Gasteiger partial charge in [0.2, 0.25) is 5.91 Å². The molecule has 0 fully saturated rings. The molecule has 0 aliphatic rings. The standard InChI is InChI=1S/C15H12Cl3NO2/c1-21-14-5-3-10(8-13(14)18)19-15(20)7-9-2-4-11(16)12(17)6-9/h2-6,8H,7H2,1H3,(H,19,20).